The first-order valence-corrected chi connectivity index (χ1v) is 9.82. The first kappa shape index (κ1) is 17.8. The zero-order chi connectivity index (χ0) is 17.8. The van der Waals surface area contributed by atoms with E-state index >= 15 is 0 Å². The maximum Gasteiger partial charge on any atom is 0.254 e. The molecule has 0 unspecified atom stereocenters. The molecule has 0 radical (unpaired) electrons. The second-order valence-corrected chi connectivity index (χ2v) is 7.96. The van der Waals surface area contributed by atoms with E-state index in [1.54, 1.807) is 35.0 Å². The van der Waals surface area contributed by atoms with Crippen molar-refractivity contribution in [2.45, 2.75) is 31.0 Å². The third-order valence-corrected chi connectivity index (χ3v) is 5.56. The van der Waals surface area contributed by atoms with Crippen LogP contribution in [0.5, 0.6) is 0 Å². The number of nitrogens with zero attached hydrogens (tertiary/aromatic N) is 2. The van der Waals surface area contributed by atoms with Crippen LogP contribution in [0.2, 0.25) is 0 Å². The minimum atomic E-state index is -0.0132. The van der Waals surface area contributed by atoms with Crippen LogP contribution in [0.1, 0.15) is 32.6 Å². The highest BCUT2D eigenvalue weighted by Crippen LogP contribution is 2.24. The summed E-state index contributed by atoms with van der Waals surface area (Å²) in [6.07, 6.45) is 0. The van der Waals surface area contributed by atoms with Gasteiger partial charge in [0.05, 0.1) is 17.2 Å². The third kappa shape index (κ3) is 4.74. The summed E-state index contributed by atoms with van der Waals surface area (Å²) in [7, 11) is 1.79. The van der Waals surface area contributed by atoms with Crippen LogP contribution < -0.4 is 0 Å². The van der Waals surface area contributed by atoms with Crippen LogP contribution in [0.3, 0.4) is 0 Å². The Kier molecular flexibility index (Phi) is 5.60. The van der Waals surface area contributed by atoms with Gasteiger partial charge < -0.3 is 9.32 Å². The van der Waals surface area contributed by atoms with Crippen molar-refractivity contribution in [2.75, 3.05) is 7.05 Å². The molecule has 130 valence electrons. The number of furan rings is 1. The molecule has 0 N–H and O–H groups in total. The Morgan fingerprint density at radius 3 is 2.56 bits per heavy atom. The smallest absolute Gasteiger partial charge is 0.254 e. The van der Waals surface area contributed by atoms with Crippen LogP contribution in [0.4, 0.5) is 0 Å². The van der Waals surface area contributed by atoms with Crippen LogP contribution in [0, 0.1) is 13.8 Å². The number of hydrogen-bond donors (Lipinski definition) is 0. The first-order chi connectivity index (χ1) is 12.0. The lowest BCUT2D eigenvalue weighted by Gasteiger charge is -2.16. The zero-order valence-corrected chi connectivity index (χ0v) is 16.1. The first-order valence-electron chi connectivity index (χ1n) is 7.96. The predicted octanol–water partition coefficient (Wildman–Crippen LogP) is 4.92. The van der Waals surface area contributed by atoms with Gasteiger partial charge in [0.1, 0.15) is 11.5 Å². The second-order valence-electron chi connectivity index (χ2n) is 5.84. The second kappa shape index (κ2) is 7.89. The van der Waals surface area contributed by atoms with Crippen molar-refractivity contribution in [3.63, 3.8) is 0 Å². The van der Waals surface area contributed by atoms with Crippen LogP contribution in [-0.2, 0) is 12.3 Å². The van der Waals surface area contributed by atoms with Crippen molar-refractivity contribution in [2.24, 2.45) is 0 Å². The highest BCUT2D eigenvalue weighted by atomic mass is 32.2. The molecule has 0 aliphatic rings. The molecule has 4 nitrogen and oxygen atoms in total. The Morgan fingerprint density at radius 2 is 1.96 bits per heavy atom. The van der Waals surface area contributed by atoms with E-state index in [2.05, 4.69) is 10.4 Å². The van der Waals surface area contributed by atoms with E-state index in [4.69, 9.17) is 4.42 Å². The minimum absolute atomic E-state index is 0.0132. The number of benzene rings is 1. The lowest BCUT2D eigenvalue weighted by atomic mass is 10.2. The van der Waals surface area contributed by atoms with Crippen LogP contribution in [0.25, 0.3) is 0 Å². The normalized spacial score (nSPS) is 10.8. The summed E-state index contributed by atoms with van der Waals surface area (Å²) in [5.74, 6) is 2.47. The Labute approximate surface area is 155 Å². The fourth-order valence-electron chi connectivity index (χ4n) is 2.42. The van der Waals surface area contributed by atoms with Gasteiger partial charge in [0, 0.05) is 28.6 Å². The number of rotatable bonds is 6. The van der Waals surface area contributed by atoms with E-state index in [0.29, 0.717) is 12.1 Å². The van der Waals surface area contributed by atoms with Crippen molar-refractivity contribution >= 4 is 29.0 Å². The molecule has 1 aromatic carbocycles. The van der Waals surface area contributed by atoms with Crippen molar-refractivity contribution in [3.8, 4) is 0 Å². The molecule has 2 heterocycles. The Bertz CT molecular complexity index is 852. The van der Waals surface area contributed by atoms with Crippen LogP contribution >= 0.6 is 23.1 Å². The van der Waals surface area contributed by atoms with Crippen molar-refractivity contribution in [3.05, 3.63) is 69.6 Å². The SMILES string of the molecule is Cc1ccc(CN(C)C(=O)c2ccc(SCc3csc(C)n3)cc2)o1. The number of aryl methyl sites for hydroxylation is 2. The number of carbonyl (C=O) groups is 1. The highest BCUT2D eigenvalue weighted by Gasteiger charge is 2.13. The van der Waals surface area contributed by atoms with Gasteiger partial charge in [0.2, 0.25) is 0 Å². The highest BCUT2D eigenvalue weighted by molar-refractivity contribution is 7.98. The minimum Gasteiger partial charge on any atom is -0.464 e. The van der Waals surface area contributed by atoms with Gasteiger partial charge in [0.25, 0.3) is 5.91 Å². The summed E-state index contributed by atoms with van der Waals surface area (Å²) in [6.45, 7) is 4.38. The molecule has 0 saturated carbocycles. The molecule has 0 atom stereocenters. The van der Waals surface area contributed by atoms with Gasteiger partial charge in [-0.2, -0.15) is 0 Å². The maximum atomic E-state index is 12.5. The van der Waals surface area contributed by atoms with E-state index in [-0.39, 0.29) is 5.91 Å². The third-order valence-electron chi connectivity index (χ3n) is 3.69. The molecule has 0 bridgehead atoms. The van der Waals surface area contributed by atoms with Crippen LogP contribution in [-0.4, -0.2) is 22.8 Å². The van der Waals surface area contributed by atoms with E-state index < -0.39 is 0 Å². The molecule has 6 heteroatoms. The number of thiazole rings is 1. The largest absolute Gasteiger partial charge is 0.464 e. The predicted molar refractivity (Wildman–Crippen MR) is 102 cm³/mol. The Hall–Kier alpha value is -2.05. The standard InChI is InChI=1S/C19H20N2O2S2/c1-13-4-7-17(23-13)10-21(3)19(22)15-5-8-18(9-6-15)25-12-16-11-24-14(2)20-16/h4-9,11H,10,12H2,1-3H3. The summed E-state index contributed by atoms with van der Waals surface area (Å²) in [5, 5.41) is 3.18. The molecule has 25 heavy (non-hydrogen) atoms. The molecule has 0 aliphatic heterocycles. The summed E-state index contributed by atoms with van der Waals surface area (Å²) in [4.78, 5) is 19.8. The topological polar surface area (TPSA) is 46.3 Å². The van der Waals surface area contributed by atoms with E-state index in [9.17, 15) is 4.79 Å². The summed E-state index contributed by atoms with van der Waals surface area (Å²) in [5.41, 5.74) is 1.78. The van der Waals surface area contributed by atoms with Gasteiger partial charge in [0.15, 0.2) is 0 Å². The zero-order valence-electron chi connectivity index (χ0n) is 14.5. The Balaban J connectivity index is 1.58. The lowest BCUT2D eigenvalue weighted by Crippen LogP contribution is -2.25. The Morgan fingerprint density at radius 1 is 1.20 bits per heavy atom. The maximum absolute atomic E-state index is 12.5. The quantitative estimate of drug-likeness (QED) is 0.576. The van der Waals surface area contributed by atoms with Gasteiger partial charge in [-0.05, 0) is 50.2 Å². The number of amides is 1. The number of thioether (sulfide) groups is 1. The van der Waals surface area contributed by atoms with Gasteiger partial charge in [-0.25, -0.2) is 4.98 Å². The summed E-state index contributed by atoms with van der Waals surface area (Å²) >= 11 is 3.39. The number of hydrogen-bond acceptors (Lipinski definition) is 5. The molecule has 0 fully saturated rings. The fourth-order valence-corrected chi connectivity index (χ4v) is 3.93. The number of carbonyl (C=O) groups excluding carboxylic acids is 1. The molecule has 0 spiro atoms. The van der Waals surface area contributed by atoms with E-state index in [1.807, 2.05) is 50.2 Å². The fraction of sp³-hybridized carbons (Fsp3) is 0.263. The average Bonchev–Trinajstić information content (AvgIpc) is 3.21. The molecule has 0 aliphatic carbocycles. The molecule has 3 rings (SSSR count). The van der Waals surface area contributed by atoms with Gasteiger partial charge in [-0.1, -0.05) is 0 Å². The van der Waals surface area contributed by atoms with Crippen LogP contribution in [0.15, 0.2) is 51.1 Å². The van der Waals surface area contributed by atoms with E-state index in [0.717, 1.165) is 32.9 Å². The molecule has 3 aromatic rings. The van der Waals surface area contributed by atoms with Crippen molar-refractivity contribution < 1.29 is 9.21 Å². The lowest BCUT2D eigenvalue weighted by molar-refractivity contribution is 0.0775. The molecule has 1 amide bonds. The average molecular weight is 373 g/mol. The van der Waals surface area contributed by atoms with Gasteiger partial charge >= 0.3 is 0 Å². The molecule has 2 aromatic heterocycles. The molecule has 0 saturated heterocycles. The molecular weight excluding hydrogens is 352 g/mol. The number of aromatic nitrogens is 1. The van der Waals surface area contributed by atoms with E-state index in [1.165, 1.54) is 0 Å². The monoisotopic (exact) mass is 372 g/mol. The van der Waals surface area contributed by atoms with Gasteiger partial charge in [-0.3, -0.25) is 4.79 Å². The summed E-state index contributed by atoms with van der Waals surface area (Å²) < 4.78 is 5.53. The van der Waals surface area contributed by atoms with Crippen molar-refractivity contribution in [1.82, 2.24) is 9.88 Å². The molecular formula is C19H20N2O2S2. The summed E-state index contributed by atoms with van der Waals surface area (Å²) in [6, 6.07) is 11.5. The van der Waals surface area contributed by atoms with Crippen molar-refractivity contribution in [1.29, 1.82) is 0 Å². The van der Waals surface area contributed by atoms with Gasteiger partial charge in [-0.15, -0.1) is 23.1 Å².